The molecule has 1 aliphatic rings. The van der Waals surface area contributed by atoms with Crippen molar-refractivity contribution in [2.24, 2.45) is 11.7 Å². The molecule has 3 aromatic rings. The Morgan fingerprint density at radius 1 is 1.41 bits per heavy atom. The van der Waals surface area contributed by atoms with Crippen LogP contribution in [0.15, 0.2) is 41.1 Å². The van der Waals surface area contributed by atoms with E-state index in [9.17, 15) is 4.79 Å². The highest BCUT2D eigenvalue weighted by molar-refractivity contribution is 9.10. The second-order valence-electron chi connectivity index (χ2n) is 7.29. The molecule has 0 saturated heterocycles. The predicted molar refractivity (Wildman–Crippen MR) is 119 cm³/mol. The van der Waals surface area contributed by atoms with E-state index in [1.165, 1.54) is 4.88 Å². The minimum atomic E-state index is -0.0201. The Labute approximate surface area is 182 Å². The molecule has 0 aliphatic carbocycles. The molecule has 3 N–H and O–H groups in total. The summed E-state index contributed by atoms with van der Waals surface area (Å²) in [7, 11) is 0. The average molecular weight is 474 g/mol. The lowest BCUT2D eigenvalue weighted by Gasteiger charge is -2.16. The van der Waals surface area contributed by atoms with Gasteiger partial charge in [0.25, 0.3) is 5.91 Å². The fourth-order valence-electron chi connectivity index (χ4n) is 3.77. The van der Waals surface area contributed by atoms with E-state index in [0.717, 1.165) is 58.5 Å². The second-order valence-corrected chi connectivity index (χ2v) is 9.28. The molecule has 8 heteroatoms. The van der Waals surface area contributed by atoms with Crippen LogP contribution in [0, 0.1) is 5.92 Å². The van der Waals surface area contributed by atoms with Gasteiger partial charge in [-0.05, 0) is 72.3 Å². The lowest BCUT2D eigenvalue weighted by molar-refractivity contribution is 0.0950. The average Bonchev–Trinajstić information content (AvgIpc) is 3.26. The minimum Gasteiger partial charge on any atom is -0.351 e. The third-order valence-corrected chi connectivity index (χ3v) is 6.98. The van der Waals surface area contributed by atoms with Gasteiger partial charge < -0.3 is 11.1 Å². The molecule has 3 aromatic heterocycles. The summed E-state index contributed by atoms with van der Waals surface area (Å²) in [6.45, 7) is 2.09. The maximum Gasteiger partial charge on any atom is 0.261 e. The zero-order valence-corrected chi connectivity index (χ0v) is 18.5. The number of pyridine rings is 1. The van der Waals surface area contributed by atoms with Gasteiger partial charge in [-0.1, -0.05) is 6.07 Å². The zero-order chi connectivity index (χ0) is 20.2. The van der Waals surface area contributed by atoms with Crippen LogP contribution in [0.25, 0.3) is 11.3 Å². The number of nitrogens with two attached hydrogens (primary N) is 1. The summed E-state index contributed by atoms with van der Waals surface area (Å²) in [6.07, 6.45) is 7.29. The number of hydrogen-bond acceptors (Lipinski definition) is 5. The molecule has 1 amide bonds. The molecule has 0 unspecified atom stereocenters. The SMILES string of the molecule is NCC[C@@H](CNC(=O)c1cc2c(s1)CCCn1ncc(Br)c1-2)Cc1ccccn1. The fourth-order valence-corrected chi connectivity index (χ4v) is 5.40. The van der Waals surface area contributed by atoms with Crippen LogP contribution in [-0.4, -0.2) is 33.8 Å². The van der Waals surface area contributed by atoms with E-state index in [1.807, 2.05) is 35.1 Å². The maximum atomic E-state index is 12.9. The van der Waals surface area contributed by atoms with Crippen molar-refractivity contribution in [3.05, 3.63) is 56.6 Å². The van der Waals surface area contributed by atoms with E-state index in [0.29, 0.717) is 13.1 Å². The highest BCUT2D eigenvalue weighted by atomic mass is 79.9. The second kappa shape index (κ2) is 9.19. The van der Waals surface area contributed by atoms with Crippen LogP contribution in [0.2, 0.25) is 0 Å². The fraction of sp³-hybridized carbons (Fsp3) is 0.381. The predicted octanol–water partition coefficient (Wildman–Crippen LogP) is 3.65. The smallest absolute Gasteiger partial charge is 0.261 e. The van der Waals surface area contributed by atoms with Gasteiger partial charge in [0, 0.05) is 35.4 Å². The highest BCUT2D eigenvalue weighted by Crippen LogP contribution is 2.38. The Morgan fingerprint density at radius 3 is 3.10 bits per heavy atom. The quantitative estimate of drug-likeness (QED) is 0.548. The number of nitrogens with one attached hydrogen (secondary N) is 1. The molecule has 4 rings (SSSR count). The van der Waals surface area contributed by atoms with Gasteiger partial charge in [-0.3, -0.25) is 14.5 Å². The van der Waals surface area contributed by atoms with Gasteiger partial charge in [0.1, 0.15) is 0 Å². The molecule has 0 bridgehead atoms. The first kappa shape index (κ1) is 20.3. The maximum absolute atomic E-state index is 12.9. The zero-order valence-electron chi connectivity index (χ0n) is 16.1. The van der Waals surface area contributed by atoms with Gasteiger partial charge >= 0.3 is 0 Å². The summed E-state index contributed by atoms with van der Waals surface area (Å²) in [5.41, 5.74) is 9.01. The number of nitrogens with zero attached hydrogens (tertiary/aromatic N) is 3. The first-order valence-electron chi connectivity index (χ1n) is 9.88. The molecule has 6 nitrogen and oxygen atoms in total. The van der Waals surface area contributed by atoms with Crippen LogP contribution < -0.4 is 11.1 Å². The molecule has 0 saturated carbocycles. The number of carbonyl (C=O) groups excluding carboxylic acids is 1. The van der Waals surface area contributed by atoms with Crippen molar-refractivity contribution in [3.63, 3.8) is 0 Å². The van der Waals surface area contributed by atoms with E-state index in [4.69, 9.17) is 5.73 Å². The van der Waals surface area contributed by atoms with Crippen LogP contribution >= 0.6 is 27.3 Å². The number of hydrogen-bond donors (Lipinski definition) is 2. The first-order valence-corrected chi connectivity index (χ1v) is 11.5. The summed E-state index contributed by atoms with van der Waals surface area (Å²) in [4.78, 5) is 19.3. The topological polar surface area (TPSA) is 85.8 Å². The van der Waals surface area contributed by atoms with Crippen molar-refractivity contribution >= 4 is 33.2 Å². The molecule has 0 fully saturated rings. The summed E-state index contributed by atoms with van der Waals surface area (Å²) < 4.78 is 3.00. The molecule has 1 atom stereocenters. The van der Waals surface area contributed by atoms with Crippen molar-refractivity contribution in [1.29, 1.82) is 0 Å². The van der Waals surface area contributed by atoms with Crippen LogP contribution in [0.5, 0.6) is 0 Å². The highest BCUT2D eigenvalue weighted by Gasteiger charge is 2.23. The van der Waals surface area contributed by atoms with Crippen molar-refractivity contribution in [3.8, 4) is 11.3 Å². The minimum absolute atomic E-state index is 0.0201. The number of aromatic nitrogens is 3. The Hall–Kier alpha value is -2.03. The summed E-state index contributed by atoms with van der Waals surface area (Å²) in [5, 5.41) is 7.56. The Balaban J connectivity index is 1.46. The molecule has 4 heterocycles. The number of rotatable bonds is 7. The molecule has 0 radical (unpaired) electrons. The normalized spacial score (nSPS) is 14.0. The number of amides is 1. The molecule has 1 aliphatic heterocycles. The van der Waals surface area contributed by atoms with Gasteiger partial charge in [-0.2, -0.15) is 5.10 Å². The lowest BCUT2D eigenvalue weighted by Crippen LogP contribution is -2.31. The largest absolute Gasteiger partial charge is 0.351 e. The van der Waals surface area contributed by atoms with Gasteiger partial charge in [0.05, 0.1) is 21.2 Å². The molecular weight excluding hydrogens is 450 g/mol. The van der Waals surface area contributed by atoms with E-state index >= 15 is 0 Å². The van der Waals surface area contributed by atoms with Crippen LogP contribution in [0.4, 0.5) is 0 Å². The lowest BCUT2D eigenvalue weighted by atomic mass is 9.99. The van der Waals surface area contributed by atoms with Gasteiger partial charge in [0.2, 0.25) is 0 Å². The monoisotopic (exact) mass is 473 g/mol. The van der Waals surface area contributed by atoms with Gasteiger partial charge in [-0.25, -0.2) is 0 Å². The molecule has 0 aromatic carbocycles. The van der Waals surface area contributed by atoms with Crippen molar-refractivity contribution in [2.75, 3.05) is 13.1 Å². The third kappa shape index (κ3) is 4.60. The van der Waals surface area contributed by atoms with E-state index in [1.54, 1.807) is 17.5 Å². The molecule has 152 valence electrons. The number of thiophene rings is 1. The van der Waals surface area contributed by atoms with Gasteiger partial charge in [0.15, 0.2) is 0 Å². The van der Waals surface area contributed by atoms with Crippen molar-refractivity contribution < 1.29 is 4.79 Å². The number of fused-ring (bicyclic) bond motifs is 3. The Bertz CT molecular complexity index is 984. The molecule has 29 heavy (non-hydrogen) atoms. The summed E-state index contributed by atoms with van der Waals surface area (Å²) in [5.74, 6) is 0.250. The summed E-state index contributed by atoms with van der Waals surface area (Å²) >= 11 is 5.19. The number of aryl methyl sites for hydroxylation is 2. The Kier molecular flexibility index (Phi) is 6.42. The van der Waals surface area contributed by atoms with Crippen LogP contribution in [-0.2, 0) is 19.4 Å². The molecular formula is C21H24BrN5OS. The van der Waals surface area contributed by atoms with E-state index < -0.39 is 0 Å². The van der Waals surface area contributed by atoms with Crippen molar-refractivity contribution in [2.45, 2.75) is 32.2 Å². The summed E-state index contributed by atoms with van der Waals surface area (Å²) in [6, 6.07) is 7.93. The first-order chi connectivity index (χ1) is 14.2. The van der Waals surface area contributed by atoms with Crippen molar-refractivity contribution in [1.82, 2.24) is 20.1 Å². The number of halogens is 1. The van der Waals surface area contributed by atoms with E-state index in [-0.39, 0.29) is 11.8 Å². The van der Waals surface area contributed by atoms with Crippen LogP contribution in [0.3, 0.4) is 0 Å². The van der Waals surface area contributed by atoms with Crippen LogP contribution in [0.1, 0.15) is 33.1 Å². The number of carbonyl (C=O) groups is 1. The van der Waals surface area contributed by atoms with E-state index in [2.05, 4.69) is 31.3 Å². The standard InChI is InChI=1S/C21H24BrN5OS/c22-17-13-26-27-9-3-5-18-16(20(17)27)11-19(29-18)21(28)25-12-14(6-7-23)10-15-4-1-2-8-24-15/h1-2,4,8,11,13-14H,3,5-7,9-10,12,23H2,(H,25,28)/t14-/m1/s1. The Morgan fingerprint density at radius 2 is 2.31 bits per heavy atom. The molecule has 0 spiro atoms. The van der Waals surface area contributed by atoms with Gasteiger partial charge in [-0.15, -0.1) is 11.3 Å². The third-order valence-electron chi connectivity index (χ3n) is 5.21.